The molecule has 1 aromatic rings. The van der Waals surface area contributed by atoms with E-state index in [0.717, 1.165) is 42.7 Å². The van der Waals surface area contributed by atoms with E-state index in [2.05, 4.69) is 39.0 Å². The van der Waals surface area contributed by atoms with E-state index in [9.17, 15) is 0 Å². The van der Waals surface area contributed by atoms with Crippen LogP contribution in [0, 0.1) is 5.41 Å². The first-order valence-electron chi connectivity index (χ1n) is 7.01. The summed E-state index contributed by atoms with van der Waals surface area (Å²) in [6.07, 6.45) is 1.79. The summed E-state index contributed by atoms with van der Waals surface area (Å²) >= 11 is 3.59. The van der Waals surface area contributed by atoms with Crippen LogP contribution >= 0.6 is 15.9 Å². The molecule has 0 saturated carbocycles. The molecule has 0 aromatic heterocycles. The van der Waals surface area contributed by atoms with Gasteiger partial charge in [0, 0.05) is 16.4 Å². The van der Waals surface area contributed by atoms with Gasteiger partial charge in [0.1, 0.15) is 11.6 Å². The third kappa shape index (κ3) is 3.68. The van der Waals surface area contributed by atoms with E-state index in [1.54, 1.807) is 7.11 Å². The number of nitrogens with two attached hydrogens (primary N) is 1. The Bertz CT molecular complexity index is 526. The number of likely N-dealkylation sites (tertiary alicyclic amines) is 1. The van der Waals surface area contributed by atoms with Gasteiger partial charge in [0.15, 0.2) is 0 Å². The number of amidine groups is 1. The first kappa shape index (κ1) is 16.1. The molecule has 1 aliphatic heterocycles. The third-order valence-electron chi connectivity index (χ3n) is 4.33. The highest BCUT2D eigenvalue weighted by Crippen LogP contribution is 2.32. The maximum atomic E-state index is 8.88. The maximum Gasteiger partial charge on any atom is 0.145 e. The van der Waals surface area contributed by atoms with E-state index in [0.29, 0.717) is 5.84 Å². The van der Waals surface area contributed by atoms with Gasteiger partial charge in [-0.1, -0.05) is 28.0 Å². The van der Waals surface area contributed by atoms with Gasteiger partial charge in [-0.15, -0.1) is 0 Å². The Hall–Kier alpha value is -1.27. The molecule has 0 spiro atoms. The van der Waals surface area contributed by atoms with Gasteiger partial charge in [-0.2, -0.15) is 0 Å². The summed E-state index contributed by atoms with van der Waals surface area (Å²) in [6, 6.07) is 6.01. The molecule has 21 heavy (non-hydrogen) atoms. The Morgan fingerprint density at radius 3 is 2.71 bits per heavy atom. The molecule has 1 aromatic carbocycles. The van der Waals surface area contributed by atoms with Crippen molar-refractivity contribution in [3.8, 4) is 5.75 Å². The number of nitrogens with zero attached hydrogens (tertiary/aromatic N) is 2. The van der Waals surface area contributed by atoms with E-state index < -0.39 is 0 Å². The van der Waals surface area contributed by atoms with Gasteiger partial charge in [-0.3, -0.25) is 4.90 Å². The van der Waals surface area contributed by atoms with Gasteiger partial charge < -0.3 is 15.7 Å². The van der Waals surface area contributed by atoms with Crippen LogP contribution in [-0.2, 0) is 6.54 Å². The molecule has 6 heteroatoms. The van der Waals surface area contributed by atoms with Gasteiger partial charge in [-0.05, 0) is 49.7 Å². The highest BCUT2D eigenvalue weighted by molar-refractivity contribution is 9.10. The third-order valence-corrected chi connectivity index (χ3v) is 5.11. The molecule has 2 rings (SSSR count). The monoisotopic (exact) mass is 355 g/mol. The van der Waals surface area contributed by atoms with Crippen molar-refractivity contribution >= 4 is 21.8 Å². The second kappa shape index (κ2) is 6.66. The van der Waals surface area contributed by atoms with Gasteiger partial charge in [0.05, 0.1) is 7.11 Å². The molecule has 0 amide bonds. The van der Waals surface area contributed by atoms with E-state index in [1.165, 1.54) is 5.56 Å². The average molecular weight is 356 g/mol. The number of oxime groups is 1. The first-order valence-corrected chi connectivity index (χ1v) is 7.80. The zero-order chi connectivity index (χ0) is 15.5. The molecule has 0 aliphatic carbocycles. The number of methoxy groups -OCH3 is 1. The molecule has 1 fully saturated rings. The Labute approximate surface area is 133 Å². The number of hydrogen-bond acceptors (Lipinski definition) is 4. The topological polar surface area (TPSA) is 71.1 Å². The van der Waals surface area contributed by atoms with E-state index in [4.69, 9.17) is 15.7 Å². The summed E-state index contributed by atoms with van der Waals surface area (Å²) in [6.45, 7) is 4.78. The van der Waals surface area contributed by atoms with Crippen LogP contribution in [0.15, 0.2) is 27.8 Å². The lowest BCUT2D eigenvalue weighted by Gasteiger charge is -2.38. The highest BCUT2D eigenvalue weighted by atomic mass is 79.9. The van der Waals surface area contributed by atoms with Crippen LogP contribution in [0.2, 0.25) is 0 Å². The van der Waals surface area contributed by atoms with Crippen molar-refractivity contribution < 1.29 is 9.94 Å². The summed E-state index contributed by atoms with van der Waals surface area (Å²) in [5.74, 6) is 1.21. The number of piperidine rings is 1. The summed E-state index contributed by atoms with van der Waals surface area (Å²) in [5.41, 5.74) is 6.81. The van der Waals surface area contributed by atoms with E-state index in [1.807, 2.05) is 12.1 Å². The van der Waals surface area contributed by atoms with E-state index in [-0.39, 0.29) is 5.41 Å². The van der Waals surface area contributed by atoms with Crippen molar-refractivity contribution in [2.45, 2.75) is 26.3 Å². The van der Waals surface area contributed by atoms with Crippen molar-refractivity contribution in [2.24, 2.45) is 16.3 Å². The predicted octanol–water partition coefficient (Wildman–Crippen LogP) is 2.81. The standard InChI is InChI=1S/C15H22BrN3O2/c1-15(14(17)18-20)5-7-19(8-6-15)10-11-9-12(21-2)3-4-13(11)16/h3-4,9,20H,5-8,10H2,1-2H3,(H2,17,18). The normalized spacial score (nSPS) is 19.5. The highest BCUT2D eigenvalue weighted by Gasteiger charge is 2.34. The van der Waals surface area contributed by atoms with Gasteiger partial charge >= 0.3 is 0 Å². The molecule has 0 radical (unpaired) electrons. The fourth-order valence-corrected chi connectivity index (χ4v) is 2.99. The minimum Gasteiger partial charge on any atom is -0.497 e. The Kier molecular flexibility index (Phi) is 5.11. The lowest BCUT2D eigenvalue weighted by atomic mass is 9.79. The van der Waals surface area contributed by atoms with Crippen LogP contribution in [0.4, 0.5) is 0 Å². The Morgan fingerprint density at radius 2 is 2.14 bits per heavy atom. The Morgan fingerprint density at radius 1 is 1.48 bits per heavy atom. The number of halogens is 1. The quantitative estimate of drug-likeness (QED) is 0.377. The largest absolute Gasteiger partial charge is 0.497 e. The lowest BCUT2D eigenvalue weighted by molar-refractivity contribution is 0.152. The summed E-state index contributed by atoms with van der Waals surface area (Å²) in [5, 5.41) is 12.1. The number of benzene rings is 1. The molecule has 1 saturated heterocycles. The van der Waals surface area contributed by atoms with Crippen LogP contribution < -0.4 is 10.5 Å². The number of rotatable bonds is 4. The number of ether oxygens (including phenoxy) is 1. The second-order valence-corrected chi connectivity index (χ2v) is 6.63. The average Bonchev–Trinajstić information content (AvgIpc) is 2.51. The predicted molar refractivity (Wildman–Crippen MR) is 86.7 cm³/mol. The summed E-state index contributed by atoms with van der Waals surface area (Å²) in [7, 11) is 1.68. The van der Waals surface area contributed by atoms with Crippen molar-refractivity contribution in [1.82, 2.24) is 4.90 Å². The fourth-order valence-electron chi connectivity index (χ4n) is 2.62. The molecule has 116 valence electrons. The van der Waals surface area contributed by atoms with Gasteiger partial charge in [0.25, 0.3) is 0 Å². The van der Waals surface area contributed by atoms with E-state index >= 15 is 0 Å². The summed E-state index contributed by atoms with van der Waals surface area (Å²) < 4.78 is 6.37. The fraction of sp³-hybridized carbons (Fsp3) is 0.533. The molecular formula is C15H22BrN3O2. The zero-order valence-electron chi connectivity index (χ0n) is 12.5. The lowest BCUT2D eigenvalue weighted by Crippen LogP contribution is -2.45. The van der Waals surface area contributed by atoms with Crippen LogP contribution in [-0.4, -0.2) is 36.1 Å². The van der Waals surface area contributed by atoms with Crippen LogP contribution in [0.3, 0.4) is 0 Å². The first-order chi connectivity index (χ1) is 9.98. The van der Waals surface area contributed by atoms with Crippen molar-refractivity contribution in [2.75, 3.05) is 20.2 Å². The Balaban J connectivity index is 2.01. The van der Waals surface area contributed by atoms with Crippen LogP contribution in [0.1, 0.15) is 25.3 Å². The SMILES string of the molecule is COc1ccc(Br)c(CN2CCC(C)(/C(N)=N/O)CC2)c1. The van der Waals surface area contributed by atoms with Crippen molar-refractivity contribution in [1.29, 1.82) is 0 Å². The maximum absolute atomic E-state index is 8.88. The smallest absolute Gasteiger partial charge is 0.145 e. The molecule has 1 aliphatic rings. The van der Waals surface area contributed by atoms with Crippen LogP contribution in [0.5, 0.6) is 5.75 Å². The van der Waals surface area contributed by atoms with Crippen molar-refractivity contribution in [3.63, 3.8) is 0 Å². The zero-order valence-corrected chi connectivity index (χ0v) is 14.1. The minimum atomic E-state index is -0.198. The molecule has 1 heterocycles. The summed E-state index contributed by atoms with van der Waals surface area (Å²) in [4.78, 5) is 2.38. The molecule has 0 unspecified atom stereocenters. The van der Waals surface area contributed by atoms with Crippen LogP contribution in [0.25, 0.3) is 0 Å². The van der Waals surface area contributed by atoms with Gasteiger partial charge in [-0.25, -0.2) is 0 Å². The number of hydrogen-bond donors (Lipinski definition) is 2. The minimum absolute atomic E-state index is 0.198. The second-order valence-electron chi connectivity index (χ2n) is 5.78. The van der Waals surface area contributed by atoms with Gasteiger partial charge in [0.2, 0.25) is 0 Å². The van der Waals surface area contributed by atoms with Crippen molar-refractivity contribution in [3.05, 3.63) is 28.2 Å². The molecular weight excluding hydrogens is 334 g/mol. The molecule has 0 bridgehead atoms. The molecule has 3 N–H and O–H groups in total. The molecule has 5 nitrogen and oxygen atoms in total. The molecule has 0 atom stereocenters.